The highest BCUT2D eigenvalue weighted by atomic mass is 16.3. The zero-order valence-electron chi connectivity index (χ0n) is 20.1. The molecule has 0 aliphatic rings. The Kier molecular flexibility index (Phi) is 4.29. The first-order chi connectivity index (χ1) is 18.3. The monoisotopic (exact) mass is 470 g/mol. The van der Waals surface area contributed by atoms with Gasteiger partial charge in [-0.15, -0.1) is 0 Å². The van der Waals surface area contributed by atoms with Gasteiger partial charge in [0.15, 0.2) is 0 Å². The van der Waals surface area contributed by atoms with E-state index in [9.17, 15) is 0 Å². The van der Waals surface area contributed by atoms with Crippen molar-refractivity contribution in [2.75, 3.05) is 0 Å². The van der Waals surface area contributed by atoms with E-state index in [4.69, 9.17) is 4.42 Å². The molecule has 172 valence electrons. The van der Waals surface area contributed by atoms with E-state index in [1.54, 1.807) is 0 Å². The molecule has 0 saturated carbocycles. The summed E-state index contributed by atoms with van der Waals surface area (Å²) in [6.07, 6.45) is 0. The maximum atomic E-state index is 6.71. The van der Waals surface area contributed by atoms with Crippen LogP contribution in [0.5, 0.6) is 0 Å². The Labute approximate surface area is 214 Å². The second kappa shape index (κ2) is 7.81. The molecule has 0 aliphatic heterocycles. The Morgan fingerprint density at radius 1 is 0.378 bits per heavy atom. The Balaban J connectivity index is 1.57. The minimum absolute atomic E-state index is 0.914. The second-order valence-corrected chi connectivity index (χ2v) is 9.72. The first kappa shape index (κ1) is 20.3. The van der Waals surface area contributed by atoms with E-state index in [0.29, 0.717) is 0 Å². The van der Waals surface area contributed by atoms with E-state index in [1.165, 1.54) is 54.4 Å². The van der Waals surface area contributed by atoms with Crippen LogP contribution in [0.1, 0.15) is 0 Å². The number of rotatable bonds is 2. The van der Waals surface area contributed by atoms with Crippen LogP contribution < -0.4 is 0 Å². The molecule has 0 aliphatic carbocycles. The molecule has 0 bridgehead atoms. The highest BCUT2D eigenvalue weighted by Crippen LogP contribution is 2.48. The van der Waals surface area contributed by atoms with E-state index in [2.05, 4.69) is 133 Å². The van der Waals surface area contributed by atoms with Crippen molar-refractivity contribution in [3.05, 3.63) is 133 Å². The Morgan fingerprint density at radius 2 is 0.865 bits per heavy atom. The molecule has 1 aromatic heterocycles. The number of hydrogen-bond donors (Lipinski definition) is 0. The minimum atomic E-state index is 0.914. The lowest BCUT2D eigenvalue weighted by molar-refractivity contribution is 0.670. The molecule has 0 radical (unpaired) electrons. The zero-order valence-corrected chi connectivity index (χ0v) is 20.1. The number of fused-ring (bicyclic) bond motifs is 6. The fourth-order valence-corrected chi connectivity index (χ4v) is 5.92. The largest absolute Gasteiger partial charge is 0.455 e. The van der Waals surface area contributed by atoms with Gasteiger partial charge in [-0.2, -0.15) is 0 Å². The minimum Gasteiger partial charge on any atom is -0.455 e. The molecule has 1 heterocycles. The van der Waals surface area contributed by atoms with E-state index in [1.807, 2.05) is 0 Å². The molecule has 7 aromatic carbocycles. The molecule has 0 unspecified atom stereocenters. The number of furan rings is 1. The van der Waals surface area contributed by atoms with Crippen molar-refractivity contribution in [3.8, 4) is 22.3 Å². The molecule has 0 N–H and O–H groups in total. The lowest BCUT2D eigenvalue weighted by Gasteiger charge is -2.15. The number of hydrogen-bond acceptors (Lipinski definition) is 1. The molecular formula is C36H22O. The molecule has 8 aromatic rings. The highest BCUT2D eigenvalue weighted by Gasteiger charge is 2.22. The molecule has 1 nitrogen and oxygen atoms in total. The molecular weight excluding hydrogens is 448 g/mol. The van der Waals surface area contributed by atoms with Gasteiger partial charge in [0.2, 0.25) is 0 Å². The van der Waals surface area contributed by atoms with Crippen molar-refractivity contribution in [2.45, 2.75) is 0 Å². The Morgan fingerprint density at radius 3 is 1.51 bits per heavy atom. The third-order valence-corrected chi connectivity index (χ3v) is 7.61. The first-order valence-electron chi connectivity index (χ1n) is 12.7. The fourth-order valence-electron chi connectivity index (χ4n) is 5.92. The van der Waals surface area contributed by atoms with E-state index in [-0.39, 0.29) is 0 Å². The third-order valence-electron chi connectivity index (χ3n) is 7.61. The van der Waals surface area contributed by atoms with Crippen molar-refractivity contribution in [1.29, 1.82) is 0 Å². The van der Waals surface area contributed by atoms with Crippen LogP contribution in [-0.4, -0.2) is 0 Å². The fraction of sp³-hybridized carbons (Fsp3) is 0. The quantitative estimate of drug-likeness (QED) is 0.245. The van der Waals surface area contributed by atoms with Crippen LogP contribution in [0.4, 0.5) is 0 Å². The maximum Gasteiger partial charge on any atom is 0.144 e. The summed E-state index contributed by atoms with van der Waals surface area (Å²) < 4.78 is 6.71. The summed E-state index contributed by atoms with van der Waals surface area (Å²) in [6.45, 7) is 0. The normalized spacial score (nSPS) is 11.8. The molecule has 0 saturated heterocycles. The average molecular weight is 471 g/mol. The maximum absolute atomic E-state index is 6.71. The SMILES string of the molecule is c1ccc2cc(-c3c4ccccc4c(-c4ccc5ccccc5c4)c4c3oc3ccccc34)ccc2c1. The van der Waals surface area contributed by atoms with Crippen molar-refractivity contribution in [2.24, 2.45) is 0 Å². The summed E-state index contributed by atoms with van der Waals surface area (Å²) in [6, 6.07) is 47.8. The molecule has 1 heteroatoms. The zero-order chi connectivity index (χ0) is 24.3. The highest BCUT2D eigenvalue weighted by molar-refractivity contribution is 6.27. The topological polar surface area (TPSA) is 13.1 Å². The number of benzene rings is 7. The molecule has 8 rings (SSSR count). The van der Waals surface area contributed by atoms with Crippen molar-refractivity contribution < 1.29 is 4.42 Å². The van der Waals surface area contributed by atoms with E-state index in [0.717, 1.165) is 22.1 Å². The van der Waals surface area contributed by atoms with Gasteiger partial charge >= 0.3 is 0 Å². The van der Waals surface area contributed by atoms with Gasteiger partial charge in [0, 0.05) is 21.9 Å². The van der Waals surface area contributed by atoms with E-state index < -0.39 is 0 Å². The van der Waals surface area contributed by atoms with Crippen LogP contribution in [0.2, 0.25) is 0 Å². The summed E-state index contributed by atoms with van der Waals surface area (Å²) in [4.78, 5) is 0. The van der Waals surface area contributed by atoms with Crippen LogP contribution in [0, 0.1) is 0 Å². The van der Waals surface area contributed by atoms with Crippen LogP contribution in [0.3, 0.4) is 0 Å². The third kappa shape index (κ3) is 3.04. The summed E-state index contributed by atoms with van der Waals surface area (Å²) in [5.74, 6) is 0. The van der Waals surface area contributed by atoms with Crippen molar-refractivity contribution in [3.63, 3.8) is 0 Å². The summed E-state index contributed by atoms with van der Waals surface area (Å²) in [5.41, 5.74) is 6.61. The molecule has 0 atom stereocenters. The van der Waals surface area contributed by atoms with Gasteiger partial charge in [-0.25, -0.2) is 0 Å². The van der Waals surface area contributed by atoms with E-state index >= 15 is 0 Å². The first-order valence-corrected chi connectivity index (χ1v) is 12.7. The van der Waals surface area contributed by atoms with Crippen molar-refractivity contribution >= 4 is 54.3 Å². The van der Waals surface area contributed by atoms with Crippen LogP contribution in [0.15, 0.2) is 138 Å². The van der Waals surface area contributed by atoms with Crippen LogP contribution >= 0.6 is 0 Å². The number of para-hydroxylation sites is 1. The summed E-state index contributed by atoms with van der Waals surface area (Å²) in [5, 5.41) is 9.71. The Hall–Kier alpha value is -4.88. The van der Waals surface area contributed by atoms with Gasteiger partial charge in [0.25, 0.3) is 0 Å². The predicted molar refractivity (Wildman–Crippen MR) is 157 cm³/mol. The lowest BCUT2D eigenvalue weighted by atomic mass is 9.87. The standard InChI is InChI=1S/C36H22O/c1-3-11-25-21-27(19-17-23(25)9-1)33-29-13-5-6-14-30(29)34(28-20-18-24-10-2-4-12-26(24)22-28)36-35(33)31-15-7-8-16-32(31)37-36/h1-22H. The molecule has 0 fully saturated rings. The average Bonchev–Trinajstić information content (AvgIpc) is 3.34. The van der Waals surface area contributed by atoms with Gasteiger partial charge in [-0.3, -0.25) is 0 Å². The smallest absolute Gasteiger partial charge is 0.144 e. The van der Waals surface area contributed by atoms with Crippen molar-refractivity contribution in [1.82, 2.24) is 0 Å². The van der Waals surface area contributed by atoms with Crippen LogP contribution in [0.25, 0.3) is 76.5 Å². The van der Waals surface area contributed by atoms with Gasteiger partial charge in [-0.05, 0) is 61.6 Å². The van der Waals surface area contributed by atoms with Gasteiger partial charge in [-0.1, -0.05) is 115 Å². The second-order valence-electron chi connectivity index (χ2n) is 9.72. The molecule has 37 heavy (non-hydrogen) atoms. The van der Waals surface area contributed by atoms with Crippen LogP contribution in [-0.2, 0) is 0 Å². The van der Waals surface area contributed by atoms with Gasteiger partial charge in [0.05, 0.1) is 0 Å². The molecule has 0 amide bonds. The van der Waals surface area contributed by atoms with Gasteiger partial charge in [0.1, 0.15) is 11.2 Å². The summed E-state index contributed by atoms with van der Waals surface area (Å²) in [7, 11) is 0. The lowest BCUT2D eigenvalue weighted by Crippen LogP contribution is -1.89. The summed E-state index contributed by atoms with van der Waals surface area (Å²) >= 11 is 0. The Bertz CT molecular complexity index is 2140. The molecule has 0 spiro atoms. The van der Waals surface area contributed by atoms with Gasteiger partial charge < -0.3 is 4.42 Å². The predicted octanol–water partition coefficient (Wildman–Crippen LogP) is 10.4.